The summed E-state index contributed by atoms with van der Waals surface area (Å²) < 4.78 is 6.09. The zero-order chi connectivity index (χ0) is 14.4. The molecule has 0 heterocycles. The van der Waals surface area contributed by atoms with Crippen LogP contribution in [0, 0.1) is 5.92 Å². The number of hydrogen-bond donors (Lipinski definition) is 1. The summed E-state index contributed by atoms with van der Waals surface area (Å²) >= 11 is 4.52. The van der Waals surface area contributed by atoms with Crippen LogP contribution in [0.1, 0.15) is 39.5 Å². The van der Waals surface area contributed by atoms with Gasteiger partial charge in [0.1, 0.15) is 5.75 Å². The van der Waals surface area contributed by atoms with Crippen LogP contribution in [-0.4, -0.2) is 6.61 Å². The molecule has 108 valence electrons. The molecule has 0 aromatic heterocycles. The lowest BCUT2D eigenvalue weighted by atomic mass is 10.0. The Morgan fingerprint density at radius 2 is 1.80 bits per heavy atom. The van der Waals surface area contributed by atoms with Crippen molar-refractivity contribution in [2.75, 3.05) is 6.61 Å². The van der Waals surface area contributed by atoms with Crippen molar-refractivity contribution in [3.63, 3.8) is 0 Å². The van der Waals surface area contributed by atoms with Crippen molar-refractivity contribution in [3.05, 3.63) is 36.4 Å². The van der Waals surface area contributed by atoms with Crippen molar-refractivity contribution >= 4 is 23.4 Å². The normalized spacial score (nSPS) is 12.6. The third kappa shape index (κ3) is 3.69. The fraction of sp³-hybridized carbons (Fsp3) is 0.444. The summed E-state index contributed by atoms with van der Waals surface area (Å²) in [6, 6.07) is 12.4. The highest BCUT2D eigenvalue weighted by Crippen LogP contribution is 2.31. The lowest BCUT2D eigenvalue weighted by molar-refractivity contribution is 0.235. The standard InChI is InChI=1S/C18H24OS/c1-3-5-8-14(4-2)13-19-17-11-12-18(20)16-10-7-6-9-15(16)17/h6-7,9-12,14,20H,3-5,8,13H2,1-2H3. The van der Waals surface area contributed by atoms with Crippen molar-refractivity contribution in [1.29, 1.82) is 0 Å². The maximum Gasteiger partial charge on any atom is 0.127 e. The average Bonchev–Trinajstić information content (AvgIpc) is 2.49. The van der Waals surface area contributed by atoms with Crippen LogP contribution in [0.5, 0.6) is 5.75 Å². The van der Waals surface area contributed by atoms with E-state index in [4.69, 9.17) is 4.74 Å². The number of hydrogen-bond acceptors (Lipinski definition) is 2. The minimum atomic E-state index is 0.657. The molecule has 1 unspecified atom stereocenters. The van der Waals surface area contributed by atoms with E-state index in [9.17, 15) is 0 Å². The Bertz CT molecular complexity index is 550. The lowest BCUT2D eigenvalue weighted by Crippen LogP contribution is -2.11. The van der Waals surface area contributed by atoms with Crippen molar-refractivity contribution in [3.8, 4) is 5.75 Å². The molecule has 2 aromatic rings. The van der Waals surface area contributed by atoms with Crippen molar-refractivity contribution in [2.45, 2.75) is 44.4 Å². The average molecular weight is 288 g/mol. The topological polar surface area (TPSA) is 9.23 Å². The Morgan fingerprint density at radius 1 is 1.05 bits per heavy atom. The second-order valence-corrected chi connectivity index (χ2v) is 5.84. The van der Waals surface area contributed by atoms with Gasteiger partial charge in [0, 0.05) is 10.3 Å². The zero-order valence-electron chi connectivity index (χ0n) is 12.4. The fourth-order valence-electron chi connectivity index (χ4n) is 2.49. The van der Waals surface area contributed by atoms with E-state index in [1.54, 1.807) is 0 Å². The van der Waals surface area contributed by atoms with Gasteiger partial charge in [0.15, 0.2) is 0 Å². The quantitative estimate of drug-likeness (QED) is 0.641. The molecule has 20 heavy (non-hydrogen) atoms. The van der Waals surface area contributed by atoms with E-state index in [-0.39, 0.29) is 0 Å². The molecule has 0 fully saturated rings. The molecule has 0 spiro atoms. The number of benzene rings is 2. The van der Waals surface area contributed by atoms with E-state index in [0.717, 1.165) is 28.0 Å². The van der Waals surface area contributed by atoms with E-state index < -0.39 is 0 Å². The summed E-state index contributed by atoms with van der Waals surface area (Å²) in [6.45, 7) is 5.30. The first kappa shape index (κ1) is 15.2. The fourth-order valence-corrected chi connectivity index (χ4v) is 2.76. The largest absolute Gasteiger partial charge is 0.493 e. The van der Waals surface area contributed by atoms with E-state index in [1.807, 2.05) is 18.2 Å². The number of fused-ring (bicyclic) bond motifs is 1. The van der Waals surface area contributed by atoms with Crippen LogP contribution < -0.4 is 4.74 Å². The van der Waals surface area contributed by atoms with E-state index in [1.165, 1.54) is 25.7 Å². The second-order valence-electron chi connectivity index (χ2n) is 5.36. The summed E-state index contributed by atoms with van der Waals surface area (Å²) in [5.74, 6) is 1.64. The maximum absolute atomic E-state index is 6.09. The molecule has 2 rings (SSSR count). The molecule has 0 bridgehead atoms. The summed E-state index contributed by atoms with van der Waals surface area (Å²) in [5, 5.41) is 2.32. The van der Waals surface area contributed by atoms with Crippen molar-refractivity contribution in [2.24, 2.45) is 5.92 Å². The predicted molar refractivity (Wildman–Crippen MR) is 90.0 cm³/mol. The van der Waals surface area contributed by atoms with Crippen LogP contribution in [-0.2, 0) is 0 Å². The number of thiol groups is 1. The van der Waals surface area contributed by atoms with Gasteiger partial charge in [-0.25, -0.2) is 0 Å². The molecular weight excluding hydrogens is 264 g/mol. The smallest absolute Gasteiger partial charge is 0.127 e. The van der Waals surface area contributed by atoms with E-state index in [0.29, 0.717) is 5.92 Å². The minimum absolute atomic E-state index is 0.657. The van der Waals surface area contributed by atoms with Gasteiger partial charge in [-0.2, -0.15) is 0 Å². The highest BCUT2D eigenvalue weighted by Gasteiger charge is 2.09. The molecule has 0 saturated carbocycles. The summed E-state index contributed by atoms with van der Waals surface area (Å²) in [4.78, 5) is 1.01. The number of ether oxygens (including phenoxy) is 1. The van der Waals surface area contributed by atoms with Crippen molar-refractivity contribution < 1.29 is 4.74 Å². The van der Waals surface area contributed by atoms with Gasteiger partial charge in [0.25, 0.3) is 0 Å². The maximum atomic E-state index is 6.09. The summed E-state index contributed by atoms with van der Waals surface area (Å²) in [5.41, 5.74) is 0. The summed E-state index contributed by atoms with van der Waals surface area (Å²) in [6.07, 6.45) is 4.99. The highest BCUT2D eigenvalue weighted by atomic mass is 32.1. The minimum Gasteiger partial charge on any atom is -0.493 e. The Balaban J connectivity index is 2.11. The first-order valence-electron chi connectivity index (χ1n) is 7.59. The first-order valence-corrected chi connectivity index (χ1v) is 8.04. The molecule has 0 amide bonds. The van der Waals surface area contributed by atoms with Crippen molar-refractivity contribution in [1.82, 2.24) is 0 Å². The Labute approximate surface area is 127 Å². The first-order chi connectivity index (χ1) is 9.76. The zero-order valence-corrected chi connectivity index (χ0v) is 13.3. The predicted octanol–water partition coefficient (Wildman–Crippen LogP) is 5.72. The number of rotatable bonds is 7. The van der Waals surface area contributed by atoms with Crippen LogP contribution >= 0.6 is 12.6 Å². The van der Waals surface area contributed by atoms with E-state index >= 15 is 0 Å². The molecular formula is C18H24OS. The van der Waals surface area contributed by atoms with E-state index in [2.05, 4.69) is 44.7 Å². The van der Waals surface area contributed by atoms with Gasteiger partial charge in [-0.15, -0.1) is 12.6 Å². The number of unbranched alkanes of at least 4 members (excludes halogenated alkanes) is 1. The van der Waals surface area contributed by atoms with Gasteiger partial charge in [-0.1, -0.05) is 57.4 Å². The Kier molecular flexibility index (Phi) is 5.78. The third-order valence-electron chi connectivity index (χ3n) is 3.88. The molecule has 0 aliphatic rings. The lowest BCUT2D eigenvalue weighted by Gasteiger charge is -2.17. The van der Waals surface area contributed by atoms with Gasteiger partial charge in [0.05, 0.1) is 6.61 Å². The third-order valence-corrected chi connectivity index (χ3v) is 4.27. The Hall–Kier alpha value is -1.15. The molecule has 0 aliphatic carbocycles. The molecule has 0 N–H and O–H groups in total. The molecule has 0 aliphatic heterocycles. The van der Waals surface area contributed by atoms with Crippen LogP contribution in [0.2, 0.25) is 0 Å². The second kappa shape index (κ2) is 7.58. The van der Waals surface area contributed by atoms with Gasteiger partial charge < -0.3 is 4.74 Å². The summed E-state index contributed by atoms with van der Waals surface area (Å²) in [7, 11) is 0. The monoisotopic (exact) mass is 288 g/mol. The van der Waals surface area contributed by atoms with Gasteiger partial charge in [-0.3, -0.25) is 0 Å². The molecule has 0 radical (unpaired) electrons. The molecule has 0 saturated heterocycles. The van der Waals surface area contributed by atoms with Crippen LogP contribution in [0.3, 0.4) is 0 Å². The molecule has 1 nitrogen and oxygen atoms in total. The van der Waals surface area contributed by atoms with Gasteiger partial charge >= 0.3 is 0 Å². The molecule has 2 heteroatoms. The van der Waals surface area contributed by atoms with Crippen LogP contribution in [0.15, 0.2) is 41.3 Å². The van der Waals surface area contributed by atoms with Gasteiger partial charge in [0.2, 0.25) is 0 Å². The SMILES string of the molecule is CCCCC(CC)COc1ccc(S)c2ccccc12. The molecule has 1 atom stereocenters. The highest BCUT2D eigenvalue weighted by molar-refractivity contribution is 7.80. The van der Waals surface area contributed by atoms with Gasteiger partial charge in [-0.05, 0) is 29.9 Å². The molecule has 2 aromatic carbocycles. The Morgan fingerprint density at radius 3 is 2.50 bits per heavy atom. The van der Waals surface area contributed by atoms with Crippen LogP contribution in [0.4, 0.5) is 0 Å². The van der Waals surface area contributed by atoms with Crippen LogP contribution in [0.25, 0.3) is 10.8 Å².